The van der Waals surface area contributed by atoms with Crippen LogP contribution in [0.2, 0.25) is 0 Å². The van der Waals surface area contributed by atoms with Crippen LogP contribution in [-0.2, 0) is 25.6 Å². The van der Waals surface area contributed by atoms with E-state index in [1.807, 2.05) is 67.5 Å². The molecule has 4 heterocycles. The van der Waals surface area contributed by atoms with E-state index in [-0.39, 0.29) is 24.1 Å². The number of rotatable bonds is 15. The molecule has 274 valence electrons. The third kappa shape index (κ3) is 8.30. The Balaban J connectivity index is 0.798. The highest BCUT2D eigenvalue weighted by Gasteiger charge is 2.39. The number of nitrogens with zero attached hydrogens (tertiary/aromatic N) is 4. The van der Waals surface area contributed by atoms with Crippen molar-refractivity contribution in [2.24, 2.45) is 0 Å². The Morgan fingerprint density at radius 2 is 1.60 bits per heavy atom. The van der Waals surface area contributed by atoms with E-state index in [1.165, 1.54) is 17.4 Å². The SMILES string of the molecule is CN(C)c1ccc(-c2ccc(-c3nc4ccc(NCCOCCOCCNc5ccc6c(c5)CN(C5CCC(=O)NC5=O)C6=O)cc4s3)c(F)c2)cn1. The zero-order chi connectivity index (χ0) is 36.9. The second kappa shape index (κ2) is 16.1. The number of thiazole rings is 1. The standard InChI is InChI=1S/C39H40FN7O5S/c1-46(2)35-11-4-25(22-43-35)24-3-7-30(31(40)20-24)38-44-32-9-6-28(21-34(32)53-38)42-14-16-52-18-17-51-15-13-41-27-5-8-29-26(19-27)23-47(39(29)50)33-10-12-36(48)45-37(33)49/h3-9,11,19-22,33,41-42H,10,12-18,23H2,1-2H3,(H,45,48,49). The molecule has 7 rings (SSSR count). The molecule has 0 aliphatic carbocycles. The first-order chi connectivity index (χ1) is 25.7. The van der Waals surface area contributed by atoms with Gasteiger partial charge < -0.3 is 29.9 Å². The van der Waals surface area contributed by atoms with E-state index in [4.69, 9.17) is 9.47 Å². The average Bonchev–Trinajstić information content (AvgIpc) is 3.72. The molecule has 1 fully saturated rings. The number of nitrogens with one attached hydrogen (secondary N) is 3. The van der Waals surface area contributed by atoms with Crippen molar-refractivity contribution in [2.45, 2.75) is 25.4 Å². The van der Waals surface area contributed by atoms with Crippen LogP contribution >= 0.6 is 11.3 Å². The molecule has 3 amide bonds. The third-order valence-electron chi connectivity index (χ3n) is 9.17. The number of carbonyl (C=O) groups excluding carboxylic acids is 3. The number of piperidine rings is 1. The van der Waals surface area contributed by atoms with Gasteiger partial charge in [-0.05, 0) is 78.2 Å². The summed E-state index contributed by atoms with van der Waals surface area (Å²) in [5, 5.41) is 9.64. The molecule has 0 radical (unpaired) electrons. The largest absolute Gasteiger partial charge is 0.383 e. The van der Waals surface area contributed by atoms with Crippen LogP contribution in [0.4, 0.5) is 21.6 Å². The number of fused-ring (bicyclic) bond motifs is 2. The molecule has 1 atom stereocenters. The number of aromatic nitrogens is 2. The van der Waals surface area contributed by atoms with Gasteiger partial charge in [-0.3, -0.25) is 19.7 Å². The molecule has 0 bridgehead atoms. The highest BCUT2D eigenvalue weighted by molar-refractivity contribution is 7.21. The maximum absolute atomic E-state index is 15.3. The minimum Gasteiger partial charge on any atom is -0.383 e. The van der Waals surface area contributed by atoms with Gasteiger partial charge in [0.05, 0.1) is 36.6 Å². The van der Waals surface area contributed by atoms with Crippen molar-refractivity contribution in [1.82, 2.24) is 20.2 Å². The lowest BCUT2D eigenvalue weighted by atomic mass is 10.0. The van der Waals surface area contributed by atoms with E-state index in [9.17, 15) is 14.4 Å². The predicted octanol–water partition coefficient (Wildman–Crippen LogP) is 5.55. The summed E-state index contributed by atoms with van der Waals surface area (Å²) >= 11 is 1.45. The fourth-order valence-corrected chi connectivity index (χ4v) is 7.41. The van der Waals surface area contributed by atoms with Crippen LogP contribution in [0.15, 0.2) is 72.9 Å². The Hall–Kier alpha value is -5.44. The van der Waals surface area contributed by atoms with Gasteiger partial charge in [-0.25, -0.2) is 14.4 Å². The van der Waals surface area contributed by atoms with Gasteiger partial charge in [0, 0.05) is 74.4 Å². The van der Waals surface area contributed by atoms with Gasteiger partial charge >= 0.3 is 0 Å². The number of imide groups is 1. The fraction of sp³-hybridized carbons (Fsp3) is 0.308. The smallest absolute Gasteiger partial charge is 0.255 e. The monoisotopic (exact) mass is 737 g/mol. The Morgan fingerprint density at radius 3 is 2.30 bits per heavy atom. The molecular formula is C39H40FN7O5S. The average molecular weight is 738 g/mol. The topological polar surface area (TPSA) is 138 Å². The van der Waals surface area contributed by atoms with Crippen molar-refractivity contribution >= 4 is 56.5 Å². The number of halogens is 1. The van der Waals surface area contributed by atoms with Gasteiger partial charge in [0.25, 0.3) is 5.91 Å². The van der Waals surface area contributed by atoms with Gasteiger partial charge in [-0.2, -0.15) is 0 Å². The maximum Gasteiger partial charge on any atom is 0.255 e. The number of benzene rings is 3. The van der Waals surface area contributed by atoms with E-state index in [2.05, 4.69) is 25.9 Å². The first-order valence-electron chi connectivity index (χ1n) is 17.5. The van der Waals surface area contributed by atoms with Crippen LogP contribution in [0, 0.1) is 5.82 Å². The minimum absolute atomic E-state index is 0.188. The quantitative estimate of drug-likeness (QED) is 0.0927. The zero-order valence-electron chi connectivity index (χ0n) is 29.5. The molecule has 2 aliphatic rings. The Morgan fingerprint density at radius 1 is 0.887 bits per heavy atom. The molecule has 1 unspecified atom stereocenters. The van der Waals surface area contributed by atoms with Crippen molar-refractivity contribution in [2.75, 3.05) is 69.1 Å². The summed E-state index contributed by atoms with van der Waals surface area (Å²) in [6.45, 7) is 3.42. The molecule has 12 nitrogen and oxygen atoms in total. The molecule has 14 heteroatoms. The zero-order valence-corrected chi connectivity index (χ0v) is 30.3. The molecule has 1 saturated heterocycles. The lowest BCUT2D eigenvalue weighted by Crippen LogP contribution is -2.52. The number of carbonyl (C=O) groups is 3. The summed E-state index contributed by atoms with van der Waals surface area (Å²) < 4.78 is 27.7. The number of anilines is 3. The Bertz CT molecular complexity index is 2140. The Labute approximate surface area is 310 Å². The number of hydrogen-bond donors (Lipinski definition) is 3. The molecular weight excluding hydrogens is 698 g/mol. The van der Waals surface area contributed by atoms with Crippen molar-refractivity contribution in [3.05, 3.63) is 89.9 Å². The second-order valence-corrected chi connectivity index (χ2v) is 14.1. The lowest BCUT2D eigenvalue weighted by molar-refractivity contribution is -0.136. The molecule has 2 aliphatic heterocycles. The third-order valence-corrected chi connectivity index (χ3v) is 10.2. The van der Waals surface area contributed by atoms with Crippen molar-refractivity contribution in [1.29, 1.82) is 0 Å². The number of hydrogen-bond acceptors (Lipinski definition) is 11. The minimum atomic E-state index is -0.627. The Kier molecular flexibility index (Phi) is 10.9. The molecule has 0 spiro atoms. The highest BCUT2D eigenvalue weighted by Crippen LogP contribution is 2.35. The van der Waals surface area contributed by atoms with Gasteiger partial charge in [-0.1, -0.05) is 6.07 Å². The first kappa shape index (κ1) is 35.9. The van der Waals surface area contributed by atoms with E-state index in [0.717, 1.165) is 44.1 Å². The van der Waals surface area contributed by atoms with E-state index < -0.39 is 11.9 Å². The summed E-state index contributed by atoms with van der Waals surface area (Å²) in [5.41, 5.74) is 6.12. The van der Waals surface area contributed by atoms with Gasteiger partial charge in [0.15, 0.2) is 0 Å². The molecule has 3 aromatic carbocycles. The summed E-state index contributed by atoms with van der Waals surface area (Å²) in [4.78, 5) is 49.2. The second-order valence-electron chi connectivity index (χ2n) is 13.0. The normalized spacial score (nSPS) is 15.5. The number of ether oxygens (including phenoxy) is 2. The molecule has 0 saturated carbocycles. The lowest BCUT2D eigenvalue weighted by Gasteiger charge is -2.29. The molecule has 5 aromatic rings. The van der Waals surface area contributed by atoms with E-state index in [0.29, 0.717) is 68.6 Å². The van der Waals surface area contributed by atoms with E-state index >= 15 is 4.39 Å². The summed E-state index contributed by atoms with van der Waals surface area (Å²) in [6.07, 6.45) is 2.32. The maximum atomic E-state index is 15.3. The van der Waals surface area contributed by atoms with Crippen LogP contribution in [0.25, 0.3) is 31.9 Å². The van der Waals surface area contributed by atoms with Crippen LogP contribution in [0.1, 0.15) is 28.8 Å². The first-order valence-corrected chi connectivity index (χ1v) is 18.3. The van der Waals surface area contributed by atoms with E-state index in [1.54, 1.807) is 23.2 Å². The van der Waals surface area contributed by atoms with Crippen molar-refractivity contribution in [3.63, 3.8) is 0 Å². The van der Waals surface area contributed by atoms with Crippen LogP contribution < -0.4 is 20.9 Å². The summed E-state index contributed by atoms with van der Waals surface area (Å²) in [6, 6.07) is 19.9. The summed E-state index contributed by atoms with van der Waals surface area (Å²) in [5.74, 6) is -0.391. The van der Waals surface area contributed by atoms with Crippen LogP contribution in [-0.4, -0.2) is 92.2 Å². The van der Waals surface area contributed by atoms with Crippen molar-refractivity contribution in [3.8, 4) is 21.7 Å². The molecule has 2 aromatic heterocycles. The summed E-state index contributed by atoms with van der Waals surface area (Å²) in [7, 11) is 3.86. The molecule has 53 heavy (non-hydrogen) atoms. The highest BCUT2D eigenvalue weighted by atomic mass is 32.1. The molecule has 3 N–H and O–H groups in total. The predicted molar refractivity (Wildman–Crippen MR) is 204 cm³/mol. The van der Waals surface area contributed by atoms with Crippen molar-refractivity contribution < 1.29 is 28.2 Å². The van der Waals surface area contributed by atoms with Gasteiger partial charge in [0.2, 0.25) is 11.8 Å². The van der Waals surface area contributed by atoms with Gasteiger partial charge in [-0.15, -0.1) is 11.3 Å². The van der Waals surface area contributed by atoms with Crippen LogP contribution in [0.5, 0.6) is 0 Å². The fourth-order valence-electron chi connectivity index (χ4n) is 6.38. The van der Waals surface area contributed by atoms with Gasteiger partial charge in [0.1, 0.15) is 22.7 Å². The number of pyridine rings is 1. The van der Waals surface area contributed by atoms with Crippen LogP contribution in [0.3, 0.4) is 0 Å². The number of amides is 3.